The van der Waals surface area contributed by atoms with E-state index in [0.29, 0.717) is 18.8 Å². The van der Waals surface area contributed by atoms with Gasteiger partial charge in [0.2, 0.25) is 0 Å². The molecule has 0 saturated heterocycles. The summed E-state index contributed by atoms with van der Waals surface area (Å²) in [5, 5.41) is 15.4. The monoisotopic (exact) mass is 2310 g/mol. The van der Waals surface area contributed by atoms with E-state index >= 15 is 0 Å². The summed E-state index contributed by atoms with van der Waals surface area (Å²) in [5.74, 6) is 2.33. The molecule has 0 N–H and O–H groups in total. The average Bonchev–Trinajstić information content (AvgIpc) is 0.753. The molecular formula is C94H77FIr5N5O3-5. The summed E-state index contributed by atoms with van der Waals surface area (Å²) in [6, 6.07) is 94.8. The van der Waals surface area contributed by atoms with E-state index in [1.165, 1.54) is 65.5 Å². The van der Waals surface area contributed by atoms with Gasteiger partial charge in [0.05, 0.1) is 18.1 Å². The molecule has 0 unspecified atom stereocenters. The minimum atomic E-state index is -0.390. The molecule has 3 aliphatic rings. The van der Waals surface area contributed by atoms with Crippen molar-refractivity contribution in [2.24, 2.45) is 0 Å². The van der Waals surface area contributed by atoms with Crippen molar-refractivity contribution in [2.75, 3.05) is 19.8 Å². The maximum atomic E-state index is 14.6. The Bertz CT molecular complexity index is 5890. The molecule has 0 amide bonds. The van der Waals surface area contributed by atoms with Crippen molar-refractivity contribution >= 4 is 75.5 Å². The molecule has 7 heterocycles. The first-order valence-electron chi connectivity index (χ1n) is 35.9. The number of benzene rings is 11. The van der Waals surface area contributed by atoms with Crippen LogP contribution in [0.3, 0.4) is 0 Å². The van der Waals surface area contributed by atoms with E-state index in [9.17, 15) is 4.39 Å². The predicted molar refractivity (Wildman–Crippen MR) is 419 cm³/mol. The Morgan fingerprint density at radius 3 is 1.48 bits per heavy atom. The van der Waals surface area contributed by atoms with Crippen LogP contribution in [0.25, 0.3) is 121 Å². The molecule has 8 nitrogen and oxygen atoms in total. The van der Waals surface area contributed by atoms with Gasteiger partial charge in [0, 0.05) is 141 Å². The quantitative estimate of drug-likeness (QED) is 0.110. The summed E-state index contributed by atoms with van der Waals surface area (Å²) in [7, 11) is 0. The molecule has 5 radical (unpaired) electrons. The van der Waals surface area contributed by atoms with Crippen molar-refractivity contribution in [1.82, 2.24) is 24.9 Å². The van der Waals surface area contributed by atoms with Gasteiger partial charge in [0.1, 0.15) is 13.2 Å². The van der Waals surface area contributed by atoms with Crippen LogP contribution in [-0.4, -0.2) is 44.7 Å². The van der Waals surface area contributed by atoms with E-state index in [2.05, 4.69) is 255 Å². The first-order chi connectivity index (χ1) is 50.5. The van der Waals surface area contributed by atoms with Crippen molar-refractivity contribution in [3.63, 3.8) is 0 Å². The maximum absolute atomic E-state index is 14.6. The SMILES string of the molecule is CCc1cc2cccc3c2c(n1)-c1[c-]ccc(F)c1C3(C)C.CCc1cc2ccccc2c(-c2[c-]cc3c(c2)OCC3)n1.CCc1cc2ccccc2c(-c2[c-]cc3c(c2)OCCO3)n1.CCc1cc2ccccc2c(-c2[c-]ccc3ccccc23)n1.CCc1ccc2ccc3ccc[c-]c3c2n1.[Ir].[Ir].[Ir].[Ir].[Ir]. The van der Waals surface area contributed by atoms with Gasteiger partial charge in [-0.15, -0.1) is 129 Å². The largest absolute Gasteiger partial charge is 0.530 e. The third-order valence-corrected chi connectivity index (χ3v) is 19.7. The Balaban J connectivity index is 0.000000143. The zero-order chi connectivity index (χ0) is 70.6. The van der Waals surface area contributed by atoms with Crippen LogP contribution in [0.1, 0.15) is 93.6 Å². The number of pyridine rings is 5. The smallest absolute Gasteiger partial charge is 0.119 e. The van der Waals surface area contributed by atoms with Crippen LogP contribution >= 0.6 is 0 Å². The minimum absolute atomic E-state index is 0. The van der Waals surface area contributed by atoms with Gasteiger partial charge in [-0.05, 0) is 157 Å². The van der Waals surface area contributed by atoms with E-state index in [1.54, 1.807) is 6.07 Å². The van der Waals surface area contributed by atoms with E-state index in [4.69, 9.17) is 39.1 Å². The second-order valence-electron chi connectivity index (χ2n) is 26.5. The van der Waals surface area contributed by atoms with E-state index in [1.807, 2.05) is 42.5 Å². The zero-order valence-electron chi connectivity index (χ0n) is 60.8. The number of hydrogen-bond donors (Lipinski definition) is 0. The molecule has 0 bridgehead atoms. The van der Waals surface area contributed by atoms with Crippen molar-refractivity contribution in [1.29, 1.82) is 0 Å². The summed E-state index contributed by atoms with van der Waals surface area (Å²) < 4.78 is 31.5. The number of ether oxygens (including phenoxy) is 3. The fraction of sp³-hybridized carbons (Fsp3) is 0.181. The first-order valence-corrected chi connectivity index (χ1v) is 35.9. The van der Waals surface area contributed by atoms with E-state index < -0.39 is 0 Å². The molecular weight excluding hydrogens is 2230 g/mol. The molecule has 5 aromatic heterocycles. The second kappa shape index (κ2) is 36.9. The Morgan fingerprint density at radius 2 is 0.852 bits per heavy atom. The summed E-state index contributed by atoms with van der Waals surface area (Å²) in [6.45, 7) is 16.7. The van der Waals surface area contributed by atoms with Gasteiger partial charge >= 0.3 is 0 Å². The fourth-order valence-corrected chi connectivity index (χ4v) is 14.3. The van der Waals surface area contributed by atoms with Gasteiger partial charge in [-0.2, -0.15) is 0 Å². The number of halogens is 1. The Labute approximate surface area is 699 Å². The van der Waals surface area contributed by atoms with Crippen LogP contribution < -0.4 is 14.2 Å². The maximum Gasteiger partial charge on any atom is 0.119 e. The molecule has 16 aromatic rings. The summed E-state index contributed by atoms with van der Waals surface area (Å²) in [4.78, 5) is 24.0. The van der Waals surface area contributed by atoms with Gasteiger partial charge in [-0.1, -0.05) is 205 Å². The van der Waals surface area contributed by atoms with Gasteiger partial charge in [0.25, 0.3) is 0 Å². The van der Waals surface area contributed by atoms with Crippen LogP contribution in [0, 0.1) is 36.1 Å². The fourth-order valence-electron chi connectivity index (χ4n) is 14.3. The number of nitrogens with zero attached hydrogens (tertiary/aromatic N) is 5. The topological polar surface area (TPSA) is 92.1 Å². The molecule has 1 aliphatic carbocycles. The van der Waals surface area contributed by atoms with Gasteiger partial charge in [-0.3, -0.25) is 0 Å². The number of hydrogen-bond acceptors (Lipinski definition) is 8. The van der Waals surface area contributed by atoms with Crippen molar-refractivity contribution in [2.45, 2.75) is 92.4 Å². The normalized spacial score (nSPS) is 12.2. The molecule has 553 valence electrons. The molecule has 0 spiro atoms. The molecule has 0 saturated carbocycles. The van der Waals surface area contributed by atoms with E-state index in [-0.39, 0.29) is 112 Å². The first kappa shape index (κ1) is 82.1. The Hall–Kier alpha value is -8.43. The van der Waals surface area contributed by atoms with Crippen LogP contribution in [0.5, 0.6) is 17.2 Å². The molecule has 0 fully saturated rings. The van der Waals surface area contributed by atoms with Crippen molar-refractivity contribution < 1.29 is 119 Å². The predicted octanol–water partition coefficient (Wildman–Crippen LogP) is 22.4. The van der Waals surface area contributed by atoms with E-state index in [0.717, 1.165) is 163 Å². The average molecular weight is 2300 g/mol. The van der Waals surface area contributed by atoms with Gasteiger partial charge in [0.15, 0.2) is 0 Å². The Morgan fingerprint density at radius 1 is 0.370 bits per heavy atom. The van der Waals surface area contributed by atoms with Gasteiger partial charge in [-0.25, -0.2) is 4.39 Å². The summed E-state index contributed by atoms with van der Waals surface area (Å²) in [5.41, 5.74) is 17.0. The van der Waals surface area contributed by atoms with Crippen LogP contribution in [0.2, 0.25) is 0 Å². The van der Waals surface area contributed by atoms with Crippen molar-refractivity contribution in [3.8, 4) is 62.3 Å². The molecule has 2 aliphatic heterocycles. The van der Waals surface area contributed by atoms with Crippen LogP contribution in [-0.2, 0) is 144 Å². The Kier molecular flexibility index (Phi) is 28.0. The standard InChI is InChI=1S/C21H16N.C20H17FN.C19H16NO2.C19H16NO.C15H12N.5Ir/c1-2-17-14-16-9-4-6-12-19(16)21(22-17)20-13-7-10-15-8-3-5-11-18(15)20;1-4-13-11-12-7-5-9-15-17(12)19(22-13)14-8-6-10-16(21)18(14)20(15,2)3;1-2-15-11-13-5-3-4-6-16(13)19(20-15)14-7-8-17-18(12-14)22-10-9-21-17;1-2-16-11-14-5-3-4-6-17(14)19(20-16)15-8-7-13-9-10-21-18(13)12-15;1-2-13-10-9-12-8-7-11-5-3-4-6-14(11)15(12)16-13;;;;;/h3-12,14H,2H2,1H3;5-7,9-11H,4H2,1-3H3;3-6,8,11-12H,2,9-10H2,1H3;3-7,11-12H,2,9-10H2,1H3;3-5,7-10H,2H2,1H3;;;;;/q5*-1;;;;;. The minimum Gasteiger partial charge on any atom is -0.530 e. The number of aromatic nitrogens is 5. The van der Waals surface area contributed by atoms with Gasteiger partial charge < -0.3 is 39.1 Å². The molecule has 19 rings (SSSR count). The summed E-state index contributed by atoms with van der Waals surface area (Å²) in [6.07, 6.45) is 5.58. The second-order valence-corrected chi connectivity index (χ2v) is 26.5. The third-order valence-electron chi connectivity index (χ3n) is 19.7. The van der Waals surface area contributed by atoms with Crippen molar-refractivity contribution in [3.05, 3.63) is 312 Å². The number of aryl methyl sites for hydroxylation is 5. The van der Waals surface area contributed by atoms with Crippen LogP contribution in [0.15, 0.2) is 231 Å². The molecule has 108 heavy (non-hydrogen) atoms. The zero-order valence-corrected chi connectivity index (χ0v) is 72.8. The number of rotatable bonds is 8. The summed E-state index contributed by atoms with van der Waals surface area (Å²) >= 11 is 0. The molecule has 11 aromatic carbocycles. The molecule has 14 heteroatoms. The third kappa shape index (κ3) is 17.0. The molecule has 0 atom stereocenters. The number of fused-ring (bicyclic) bond motifs is 11. The van der Waals surface area contributed by atoms with Crippen LogP contribution in [0.4, 0.5) is 4.39 Å².